The van der Waals surface area contributed by atoms with Crippen LogP contribution >= 0.6 is 11.3 Å². The van der Waals surface area contributed by atoms with Crippen LogP contribution in [-0.4, -0.2) is 48.9 Å². The molecule has 1 aromatic rings. The van der Waals surface area contributed by atoms with E-state index in [1.807, 2.05) is 6.07 Å². The summed E-state index contributed by atoms with van der Waals surface area (Å²) in [4.78, 5) is 25.2. The molecule has 7 heteroatoms. The first-order valence-electron chi connectivity index (χ1n) is 7.97. The van der Waals surface area contributed by atoms with E-state index in [0.29, 0.717) is 19.6 Å². The van der Waals surface area contributed by atoms with E-state index >= 15 is 0 Å². The molecule has 23 heavy (non-hydrogen) atoms. The van der Waals surface area contributed by atoms with Gasteiger partial charge in [-0.05, 0) is 43.7 Å². The molecule has 1 aliphatic carbocycles. The van der Waals surface area contributed by atoms with Crippen LogP contribution in [0.15, 0.2) is 6.07 Å². The van der Waals surface area contributed by atoms with Gasteiger partial charge >= 0.3 is 5.97 Å². The maximum absolute atomic E-state index is 12.5. The number of thiophene rings is 1. The van der Waals surface area contributed by atoms with Crippen LogP contribution in [0.5, 0.6) is 0 Å². The molecular formula is C16H21NO5S. The molecule has 0 bridgehead atoms. The van der Waals surface area contributed by atoms with Crippen molar-refractivity contribution in [1.29, 1.82) is 0 Å². The predicted octanol–water partition coefficient (Wildman–Crippen LogP) is 1.62. The van der Waals surface area contributed by atoms with Crippen molar-refractivity contribution in [3.8, 4) is 0 Å². The number of hydrogen-bond acceptors (Lipinski definition) is 5. The molecule has 3 rings (SSSR count). The maximum atomic E-state index is 12.5. The number of rotatable bonds is 5. The van der Waals surface area contributed by atoms with Crippen molar-refractivity contribution in [2.45, 2.75) is 44.2 Å². The normalized spacial score (nSPS) is 24.0. The number of hydrogen-bond donors (Lipinski definition) is 2. The Kier molecular flexibility index (Phi) is 5.30. The molecular weight excluding hydrogens is 318 g/mol. The number of aliphatic carboxylic acids is 1. The third kappa shape index (κ3) is 4.10. The minimum absolute atomic E-state index is 0.121. The zero-order chi connectivity index (χ0) is 16.2. The van der Waals surface area contributed by atoms with E-state index in [9.17, 15) is 9.59 Å². The van der Waals surface area contributed by atoms with E-state index < -0.39 is 5.97 Å². The van der Waals surface area contributed by atoms with Gasteiger partial charge in [-0.2, -0.15) is 0 Å². The van der Waals surface area contributed by atoms with Crippen molar-refractivity contribution < 1.29 is 24.2 Å². The van der Waals surface area contributed by atoms with Gasteiger partial charge in [0.05, 0.1) is 23.6 Å². The first-order chi connectivity index (χ1) is 11.1. The van der Waals surface area contributed by atoms with Crippen LogP contribution < -0.4 is 5.32 Å². The molecule has 1 aliphatic heterocycles. The first-order valence-corrected chi connectivity index (χ1v) is 8.78. The van der Waals surface area contributed by atoms with Crippen LogP contribution in [0.25, 0.3) is 0 Å². The van der Waals surface area contributed by atoms with Crippen molar-refractivity contribution in [2.75, 3.05) is 19.8 Å². The van der Waals surface area contributed by atoms with E-state index in [4.69, 9.17) is 14.6 Å². The fourth-order valence-corrected chi connectivity index (χ4v) is 4.23. The lowest BCUT2D eigenvalue weighted by atomic mass is 9.99. The van der Waals surface area contributed by atoms with E-state index in [1.54, 1.807) is 11.3 Å². The molecule has 0 unspecified atom stereocenters. The number of aryl methyl sites for hydroxylation is 2. The topological polar surface area (TPSA) is 84.9 Å². The smallest absolute Gasteiger partial charge is 0.329 e. The third-order valence-corrected chi connectivity index (χ3v) is 5.49. The summed E-state index contributed by atoms with van der Waals surface area (Å²) >= 11 is 1.56. The highest BCUT2D eigenvalue weighted by atomic mass is 32.1. The number of carboxylic acid groups (broad SMARTS) is 1. The average Bonchev–Trinajstić information content (AvgIpc) is 2.98. The quantitative estimate of drug-likeness (QED) is 0.851. The van der Waals surface area contributed by atoms with Crippen LogP contribution in [0.4, 0.5) is 0 Å². The number of carboxylic acids is 1. The molecule has 0 radical (unpaired) electrons. The molecule has 126 valence electrons. The van der Waals surface area contributed by atoms with Crippen LogP contribution in [0.2, 0.25) is 0 Å². The number of ether oxygens (including phenoxy) is 2. The van der Waals surface area contributed by atoms with Gasteiger partial charge in [0.25, 0.3) is 5.91 Å². The van der Waals surface area contributed by atoms with E-state index in [2.05, 4.69) is 5.32 Å². The number of carbonyl (C=O) groups excluding carboxylic acids is 1. The summed E-state index contributed by atoms with van der Waals surface area (Å²) in [7, 11) is 0. The molecule has 1 amide bonds. The highest BCUT2D eigenvalue weighted by Gasteiger charge is 2.29. The highest BCUT2D eigenvalue weighted by molar-refractivity contribution is 7.14. The lowest BCUT2D eigenvalue weighted by Crippen LogP contribution is -2.50. The maximum Gasteiger partial charge on any atom is 0.329 e. The van der Waals surface area contributed by atoms with E-state index in [-0.39, 0.29) is 24.7 Å². The first kappa shape index (κ1) is 16.4. The molecule has 6 nitrogen and oxygen atoms in total. The number of amides is 1. The number of fused-ring (bicyclic) bond motifs is 1. The Hall–Kier alpha value is -1.44. The SMILES string of the molecule is O=C(O)CO[C@H]1CCOC[C@H]1NC(=O)c1cc2c(s1)CCCC2. The van der Waals surface area contributed by atoms with Crippen molar-refractivity contribution in [1.82, 2.24) is 5.32 Å². The van der Waals surface area contributed by atoms with Gasteiger partial charge in [0.2, 0.25) is 0 Å². The molecule has 2 atom stereocenters. The summed E-state index contributed by atoms with van der Waals surface area (Å²) in [5, 5.41) is 11.7. The van der Waals surface area contributed by atoms with Gasteiger partial charge in [-0.1, -0.05) is 0 Å². The van der Waals surface area contributed by atoms with Crippen molar-refractivity contribution in [2.24, 2.45) is 0 Å². The van der Waals surface area contributed by atoms with Gasteiger partial charge in [-0.3, -0.25) is 4.79 Å². The minimum atomic E-state index is -1.01. The van der Waals surface area contributed by atoms with Gasteiger partial charge in [-0.15, -0.1) is 11.3 Å². The molecule has 0 saturated carbocycles. The lowest BCUT2D eigenvalue weighted by molar-refractivity contribution is -0.147. The van der Waals surface area contributed by atoms with Gasteiger partial charge in [0.1, 0.15) is 6.61 Å². The molecule has 0 spiro atoms. The summed E-state index contributed by atoms with van der Waals surface area (Å²) in [6, 6.07) is 1.68. The molecule has 0 aromatic carbocycles. The third-order valence-electron chi connectivity index (χ3n) is 4.25. The molecule has 1 fully saturated rings. The molecule has 1 aromatic heterocycles. The summed E-state index contributed by atoms with van der Waals surface area (Å²) < 4.78 is 10.8. The van der Waals surface area contributed by atoms with E-state index in [1.165, 1.54) is 23.3 Å². The Morgan fingerprint density at radius 2 is 2.22 bits per heavy atom. The Morgan fingerprint density at radius 3 is 3.00 bits per heavy atom. The zero-order valence-corrected chi connectivity index (χ0v) is 13.7. The minimum Gasteiger partial charge on any atom is -0.480 e. The Morgan fingerprint density at radius 1 is 1.39 bits per heavy atom. The predicted molar refractivity (Wildman–Crippen MR) is 85.0 cm³/mol. The largest absolute Gasteiger partial charge is 0.480 e. The fraction of sp³-hybridized carbons (Fsp3) is 0.625. The van der Waals surface area contributed by atoms with Crippen molar-refractivity contribution >= 4 is 23.2 Å². The Bertz CT molecular complexity index is 562. The standard InChI is InChI=1S/C16H21NO5S/c18-15(19)9-22-12-5-6-21-8-11(12)17-16(20)14-7-10-3-1-2-4-13(10)23-14/h7,11-12H,1-6,8-9H2,(H,17,20)(H,18,19)/t11-,12+/m1/s1. The molecule has 1 saturated heterocycles. The van der Waals surface area contributed by atoms with Gasteiger partial charge in [0.15, 0.2) is 0 Å². The lowest BCUT2D eigenvalue weighted by Gasteiger charge is -2.31. The zero-order valence-electron chi connectivity index (χ0n) is 12.9. The second-order valence-corrected chi connectivity index (χ2v) is 7.09. The average molecular weight is 339 g/mol. The van der Waals surface area contributed by atoms with Crippen LogP contribution in [-0.2, 0) is 27.1 Å². The second-order valence-electron chi connectivity index (χ2n) is 5.95. The summed E-state index contributed by atoms with van der Waals surface area (Å²) in [6.07, 6.45) is 4.75. The van der Waals surface area contributed by atoms with Crippen molar-refractivity contribution in [3.05, 3.63) is 21.4 Å². The number of carbonyl (C=O) groups is 2. The highest BCUT2D eigenvalue weighted by Crippen LogP contribution is 2.29. The Labute approximate surface area is 138 Å². The summed E-state index contributed by atoms with van der Waals surface area (Å²) in [6.45, 7) is 0.509. The van der Waals surface area contributed by atoms with Gasteiger partial charge < -0.3 is 19.9 Å². The second kappa shape index (κ2) is 7.42. The summed E-state index contributed by atoms with van der Waals surface area (Å²) in [5.74, 6) is -1.13. The monoisotopic (exact) mass is 339 g/mol. The molecule has 2 N–H and O–H groups in total. The van der Waals surface area contributed by atoms with E-state index in [0.717, 1.165) is 17.7 Å². The summed E-state index contributed by atoms with van der Waals surface area (Å²) in [5.41, 5.74) is 1.30. The molecule has 2 aliphatic rings. The van der Waals surface area contributed by atoms with Crippen LogP contribution in [0, 0.1) is 0 Å². The fourth-order valence-electron chi connectivity index (χ4n) is 3.07. The van der Waals surface area contributed by atoms with Gasteiger partial charge in [-0.25, -0.2) is 4.79 Å². The Balaban J connectivity index is 1.62. The number of nitrogens with one attached hydrogen (secondary N) is 1. The molecule has 2 heterocycles. The van der Waals surface area contributed by atoms with Crippen LogP contribution in [0.1, 0.15) is 39.4 Å². The van der Waals surface area contributed by atoms with Crippen LogP contribution in [0.3, 0.4) is 0 Å². The van der Waals surface area contributed by atoms with Crippen molar-refractivity contribution in [3.63, 3.8) is 0 Å². The van der Waals surface area contributed by atoms with Gasteiger partial charge in [0, 0.05) is 11.5 Å².